The summed E-state index contributed by atoms with van der Waals surface area (Å²) in [5, 5.41) is 8.17. The maximum atomic E-state index is 6.01. The molecule has 0 spiro atoms. The van der Waals surface area contributed by atoms with E-state index in [0.717, 1.165) is 29.1 Å². The molecule has 1 aliphatic carbocycles. The molecule has 0 aromatic carbocycles. The van der Waals surface area contributed by atoms with Crippen molar-refractivity contribution in [2.45, 2.75) is 52.2 Å². The molecule has 2 unspecified atom stereocenters. The third-order valence-corrected chi connectivity index (χ3v) is 5.27. The van der Waals surface area contributed by atoms with Gasteiger partial charge in [0.25, 0.3) is 0 Å². The topological polar surface area (TPSA) is 29.9 Å². The van der Waals surface area contributed by atoms with E-state index < -0.39 is 0 Å². The molecule has 3 nitrogen and oxygen atoms in total. The highest BCUT2D eigenvalue weighted by atomic mass is 79.9. The van der Waals surface area contributed by atoms with E-state index in [9.17, 15) is 0 Å². The number of hydrogen-bond acceptors (Lipinski definition) is 2. The van der Waals surface area contributed by atoms with E-state index in [4.69, 9.17) is 11.6 Å². The second-order valence-electron chi connectivity index (χ2n) is 4.99. The van der Waals surface area contributed by atoms with Crippen molar-refractivity contribution in [3.63, 3.8) is 0 Å². The quantitative estimate of drug-likeness (QED) is 0.836. The van der Waals surface area contributed by atoms with Crippen LogP contribution >= 0.6 is 27.5 Å². The average molecular weight is 335 g/mol. The first-order valence-electron chi connectivity index (χ1n) is 6.68. The Bertz CT molecular complexity index is 405. The highest BCUT2D eigenvalue weighted by molar-refractivity contribution is 9.10. The Kier molecular flexibility index (Phi) is 5.10. The fraction of sp³-hybridized carbons (Fsp3) is 0.769. The predicted molar refractivity (Wildman–Crippen MR) is 79.0 cm³/mol. The summed E-state index contributed by atoms with van der Waals surface area (Å²) in [5.74, 6) is 1.40. The smallest absolute Gasteiger partial charge is 0.0739 e. The van der Waals surface area contributed by atoms with Gasteiger partial charge in [-0.2, -0.15) is 5.10 Å². The summed E-state index contributed by atoms with van der Waals surface area (Å²) in [6, 6.07) is 0.565. The minimum Gasteiger partial charge on any atom is -0.308 e. The summed E-state index contributed by atoms with van der Waals surface area (Å²) >= 11 is 9.65. The first kappa shape index (κ1) is 14.4. The van der Waals surface area contributed by atoms with Crippen LogP contribution in [0.15, 0.2) is 4.47 Å². The van der Waals surface area contributed by atoms with Crippen LogP contribution in [0.3, 0.4) is 0 Å². The zero-order valence-electron chi connectivity index (χ0n) is 11.0. The van der Waals surface area contributed by atoms with Crippen molar-refractivity contribution in [1.29, 1.82) is 0 Å². The lowest BCUT2D eigenvalue weighted by Gasteiger charge is -2.19. The molecule has 2 atom stereocenters. The largest absolute Gasteiger partial charge is 0.308 e. The van der Waals surface area contributed by atoms with Crippen LogP contribution in [0.4, 0.5) is 0 Å². The lowest BCUT2D eigenvalue weighted by atomic mass is 10.1. The third kappa shape index (κ3) is 2.91. The minimum absolute atomic E-state index is 0.565. The van der Waals surface area contributed by atoms with Crippen LogP contribution < -0.4 is 5.32 Å². The molecule has 0 aliphatic heterocycles. The predicted octanol–water partition coefficient (Wildman–Crippen LogP) is 3.47. The van der Waals surface area contributed by atoms with Crippen LogP contribution in [0, 0.1) is 12.8 Å². The highest BCUT2D eigenvalue weighted by Crippen LogP contribution is 2.28. The van der Waals surface area contributed by atoms with Crippen LogP contribution in [0.1, 0.15) is 37.6 Å². The second-order valence-corrected chi connectivity index (χ2v) is 6.10. The number of rotatable bonds is 5. The minimum atomic E-state index is 0.565. The number of nitrogens with one attached hydrogen (secondary N) is 1. The van der Waals surface area contributed by atoms with Gasteiger partial charge in [0.2, 0.25) is 0 Å². The Morgan fingerprint density at radius 1 is 1.50 bits per heavy atom. The average Bonchev–Trinajstić information content (AvgIpc) is 2.93. The summed E-state index contributed by atoms with van der Waals surface area (Å²) in [4.78, 5) is 0. The van der Waals surface area contributed by atoms with Gasteiger partial charge in [0, 0.05) is 25.0 Å². The van der Waals surface area contributed by atoms with E-state index in [1.54, 1.807) is 0 Å². The summed E-state index contributed by atoms with van der Waals surface area (Å²) in [7, 11) is 0. The van der Waals surface area contributed by atoms with Gasteiger partial charge in [-0.1, -0.05) is 6.42 Å². The summed E-state index contributed by atoms with van der Waals surface area (Å²) < 4.78 is 3.20. The summed E-state index contributed by atoms with van der Waals surface area (Å²) in [6.07, 6.45) is 3.80. The number of alkyl halides is 1. The molecule has 5 heteroatoms. The lowest BCUT2D eigenvalue weighted by Crippen LogP contribution is -2.33. The molecule has 1 aromatic rings. The van der Waals surface area contributed by atoms with E-state index in [1.165, 1.54) is 25.0 Å². The van der Waals surface area contributed by atoms with Crippen LogP contribution in [-0.4, -0.2) is 21.7 Å². The van der Waals surface area contributed by atoms with Gasteiger partial charge < -0.3 is 5.32 Å². The van der Waals surface area contributed by atoms with Crippen molar-refractivity contribution in [2.75, 3.05) is 5.88 Å². The van der Waals surface area contributed by atoms with Crippen molar-refractivity contribution < 1.29 is 0 Å². The maximum absolute atomic E-state index is 6.01. The molecule has 102 valence electrons. The van der Waals surface area contributed by atoms with Gasteiger partial charge in [-0.3, -0.25) is 4.68 Å². The Labute approximate surface area is 122 Å². The van der Waals surface area contributed by atoms with Gasteiger partial charge in [-0.15, -0.1) is 11.6 Å². The van der Waals surface area contributed by atoms with Gasteiger partial charge in [0.1, 0.15) is 0 Å². The Morgan fingerprint density at radius 3 is 2.94 bits per heavy atom. The molecule has 1 aromatic heterocycles. The molecule has 1 fully saturated rings. The third-order valence-electron chi connectivity index (χ3n) is 3.84. The Balaban J connectivity index is 2.01. The normalized spacial score (nSPS) is 23.8. The zero-order chi connectivity index (χ0) is 13.1. The molecule has 0 amide bonds. The van der Waals surface area contributed by atoms with Crippen molar-refractivity contribution in [3.8, 4) is 0 Å². The van der Waals surface area contributed by atoms with E-state index in [2.05, 4.69) is 38.0 Å². The monoisotopic (exact) mass is 333 g/mol. The zero-order valence-corrected chi connectivity index (χ0v) is 13.4. The summed E-state index contributed by atoms with van der Waals surface area (Å²) in [6.45, 7) is 5.94. The molecule has 1 N–H and O–H groups in total. The fourth-order valence-corrected chi connectivity index (χ4v) is 3.55. The highest BCUT2D eigenvalue weighted by Gasteiger charge is 2.26. The van der Waals surface area contributed by atoms with Crippen molar-refractivity contribution in [1.82, 2.24) is 15.1 Å². The van der Waals surface area contributed by atoms with Crippen LogP contribution in [0.2, 0.25) is 0 Å². The van der Waals surface area contributed by atoms with Gasteiger partial charge in [-0.25, -0.2) is 0 Å². The molecule has 2 rings (SSSR count). The van der Waals surface area contributed by atoms with Crippen molar-refractivity contribution in [3.05, 3.63) is 15.9 Å². The summed E-state index contributed by atoms with van der Waals surface area (Å²) in [5.41, 5.74) is 2.31. The van der Waals surface area contributed by atoms with Crippen LogP contribution in [-0.2, 0) is 13.1 Å². The number of hydrogen-bond donors (Lipinski definition) is 1. The van der Waals surface area contributed by atoms with E-state index in [-0.39, 0.29) is 0 Å². The van der Waals surface area contributed by atoms with E-state index in [0.29, 0.717) is 12.0 Å². The van der Waals surface area contributed by atoms with E-state index in [1.807, 2.05) is 6.92 Å². The van der Waals surface area contributed by atoms with E-state index >= 15 is 0 Å². The molecule has 0 saturated heterocycles. The molecule has 1 aliphatic rings. The van der Waals surface area contributed by atoms with Crippen LogP contribution in [0.5, 0.6) is 0 Å². The standard InChI is InChI=1S/C13H21BrClN3/c1-3-18-12(13(14)9(2)17-18)8-16-11-6-4-5-10(11)7-15/h10-11,16H,3-8H2,1-2H3. The number of halogens is 2. The SMILES string of the molecule is CCn1nc(C)c(Br)c1CNC1CCCC1CCl. The fourth-order valence-electron chi connectivity index (χ4n) is 2.76. The van der Waals surface area contributed by atoms with Gasteiger partial charge in [-0.05, 0) is 48.5 Å². The number of aromatic nitrogens is 2. The van der Waals surface area contributed by atoms with Crippen molar-refractivity contribution in [2.24, 2.45) is 5.92 Å². The first-order chi connectivity index (χ1) is 8.67. The molecule has 0 bridgehead atoms. The van der Waals surface area contributed by atoms with Gasteiger partial charge in [0.15, 0.2) is 0 Å². The molecule has 1 saturated carbocycles. The molecule has 1 heterocycles. The van der Waals surface area contributed by atoms with Gasteiger partial charge >= 0.3 is 0 Å². The maximum Gasteiger partial charge on any atom is 0.0739 e. The van der Waals surface area contributed by atoms with Crippen LogP contribution in [0.25, 0.3) is 0 Å². The second kappa shape index (κ2) is 6.40. The van der Waals surface area contributed by atoms with Crippen molar-refractivity contribution >= 4 is 27.5 Å². The Morgan fingerprint density at radius 2 is 2.28 bits per heavy atom. The van der Waals surface area contributed by atoms with Gasteiger partial charge in [0.05, 0.1) is 15.9 Å². The molecular formula is C13H21BrClN3. The molecule has 0 radical (unpaired) electrons. The number of aryl methyl sites for hydroxylation is 2. The number of nitrogens with zero attached hydrogens (tertiary/aromatic N) is 2. The molecule has 18 heavy (non-hydrogen) atoms. The molecular weight excluding hydrogens is 314 g/mol. The lowest BCUT2D eigenvalue weighted by molar-refractivity contribution is 0.420. The first-order valence-corrected chi connectivity index (χ1v) is 8.01. The Hall–Kier alpha value is -0.0600.